The summed E-state index contributed by atoms with van der Waals surface area (Å²) in [5.74, 6) is 0.374. The number of aromatic nitrogens is 1. The van der Waals surface area contributed by atoms with Crippen molar-refractivity contribution in [1.29, 1.82) is 0 Å². The molecular formula is C20H17F3N2O2. The molecule has 0 aliphatic heterocycles. The van der Waals surface area contributed by atoms with Crippen molar-refractivity contribution < 1.29 is 22.5 Å². The molecule has 140 valence electrons. The van der Waals surface area contributed by atoms with E-state index in [0.29, 0.717) is 28.3 Å². The minimum atomic E-state index is -4.39. The highest BCUT2D eigenvalue weighted by atomic mass is 19.4. The normalized spacial score (nSPS) is 11.4. The highest BCUT2D eigenvalue weighted by Gasteiger charge is 2.30. The number of nitrogens with zero attached hydrogens (tertiary/aromatic N) is 1. The SMILES string of the molecule is Cc1noc(C)c1CC(=O)Nc1ccc(-c2cccc(C(F)(F)F)c2)cc1. The summed E-state index contributed by atoms with van der Waals surface area (Å²) in [5, 5.41) is 6.57. The van der Waals surface area contributed by atoms with Crippen LogP contribution in [0, 0.1) is 13.8 Å². The van der Waals surface area contributed by atoms with Crippen LogP contribution in [0.5, 0.6) is 0 Å². The van der Waals surface area contributed by atoms with Crippen molar-refractivity contribution in [2.45, 2.75) is 26.4 Å². The van der Waals surface area contributed by atoms with Gasteiger partial charge in [-0.2, -0.15) is 13.2 Å². The van der Waals surface area contributed by atoms with E-state index in [0.717, 1.165) is 17.7 Å². The maximum absolute atomic E-state index is 12.8. The molecule has 0 aliphatic carbocycles. The highest BCUT2D eigenvalue weighted by molar-refractivity contribution is 5.92. The molecule has 3 rings (SSSR count). The van der Waals surface area contributed by atoms with Gasteiger partial charge in [-0.25, -0.2) is 0 Å². The molecule has 0 radical (unpaired) electrons. The van der Waals surface area contributed by atoms with Crippen LogP contribution in [0.25, 0.3) is 11.1 Å². The largest absolute Gasteiger partial charge is 0.416 e. The first-order valence-electron chi connectivity index (χ1n) is 8.23. The van der Waals surface area contributed by atoms with Crippen LogP contribution < -0.4 is 5.32 Å². The van der Waals surface area contributed by atoms with E-state index in [2.05, 4.69) is 10.5 Å². The van der Waals surface area contributed by atoms with Gasteiger partial charge in [0.2, 0.25) is 5.91 Å². The van der Waals surface area contributed by atoms with E-state index < -0.39 is 11.7 Å². The molecular weight excluding hydrogens is 357 g/mol. The summed E-state index contributed by atoms with van der Waals surface area (Å²) >= 11 is 0. The number of carbonyl (C=O) groups excluding carboxylic acids is 1. The minimum absolute atomic E-state index is 0.135. The number of halogens is 3. The van der Waals surface area contributed by atoms with E-state index in [-0.39, 0.29) is 12.3 Å². The first kappa shape index (κ1) is 18.7. The van der Waals surface area contributed by atoms with Gasteiger partial charge >= 0.3 is 6.18 Å². The highest BCUT2D eigenvalue weighted by Crippen LogP contribution is 2.32. The van der Waals surface area contributed by atoms with Gasteiger partial charge in [-0.05, 0) is 49.2 Å². The number of amides is 1. The van der Waals surface area contributed by atoms with Gasteiger partial charge in [0, 0.05) is 11.3 Å². The lowest BCUT2D eigenvalue weighted by Gasteiger charge is -2.10. The van der Waals surface area contributed by atoms with Crippen LogP contribution in [0.4, 0.5) is 18.9 Å². The standard InChI is InChI=1S/C20H17F3N2O2/c1-12-18(13(2)27-25-12)11-19(26)24-17-8-6-14(7-9-17)15-4-3-5-16(10-15)20(21,22)23/h3-10H,11H2,1-2H3,(H,24,26). The van der Waals surface area contributed by atoms with Gasteiger partial charge in [0.25, 0.3) is 0 Å². The Hall–Kier alpha value is -3.09. The van der Waals surface area contributed by atoms with E-state index in [1.54, 1.807) is 44.2 Å². The maximum atomic E-state index is 12.8. The summed E-state index contributed by atoms with van der Waals surface area (Å²) in [7, 11) is 0. The molecule has 1 amide bonds. The molecule has 1 aromatic heterocycles. The molecule has 2 aromatic carbocycles. The van der Waals surface area contributed by atoms with Crippen LogP contribution in [0.1, 0.15) is 22.6 Å². The Labute approximate surface area is 154 Å². The van der Waals surface area contributed by atoms with Crippen molar-refractivity contribution in [3.8, 4) is 11.1 Å². The lowest BCUT2D eigenvalue weighted by atomic mass is 10.0. The lowest BCUT2D eigenvalue weighted by molar-refractivity contribution is -0.137. The average molecular weight is 374 g/mol. The molecule has 0 atom stereocenters. The van der Waals surface area contributed by atoms with Crippen LogP contribution in [-0.4, -0.2) is 11.1 Å². The molecule has 0 fully saturated rings. The molecule has 7 heteroatoms. The van der Waals surface area contributed by atoms with E-state index in [4.69, 9.17) is 4.52 Å². The summed E-state index contributed by atoms with van der Waals surface area (Å²) in [6, 6.07) is 11.8. The number of benzene rings is 2. The fraction of sp³-hybridized carbons (Fsp3) is 0.200. The van der Waals surface area contributed by atoms with E-state index in [1.807, 2.05) is 0 Å². The Morgan fingerprint density at radius 3 is 2.37 bits per heavy atom. The Morgan fingerprint density at radius 1 is 1.07 bits per heavy atom. The number of carbonyl (C=O) groups is 1. The van der Waals surface area contributed by atoms with Gasteiger partial charge in [-0.1, -0.05) is 29.4 Å². The lowest BCUT2D eigenvalue weighted by Crippen LogP contribution is -2.15. The van der Waals surface area contributed by atoms with Crippen molar-refractivity contribution in [1.82, 2.24) is 5.16 Å². The maximum Gasteiger partial charge on any atom is 0.416 e. The zero-order valence-electron chi connectivity index (χ0n) is 14.7. The Morgan fingerprint density at radius 2 is 1.78 bits per heavy atom. The Balaban J connectivity index is 1.71. The molecule has 4 nitrogen and oxygen atoms in total. The molecule has 0 saturated heterocycles. The third kappa shape index (κ3) is 4.36. The summed E-state index contributed by atoms with van der Waals surface area (Å²) in [6.45, 7) is 3.51. The molecule has 0 bridgehead atoms. The van der Waals surface area contributed by atoms with Crippen molar-refractivity contribution in [3.05, 3.63) is 71.1 Å². The predicted molar refractivity (Wildman–Crippen MR) is 95.2 cm³/mol. The molecule has 0 aliphatic rings. The van der Waals surface area contributed by atoms with E-state index in [9.17, 15) is 18.0 Å². The molecule has 1 N–H and O–H groups in total. The number of anilines is 1. The second-order valence-corrected chi connectivity index (χ2v) is 6.18. The van der Waals surface area contributed by atoms with Crippen molar-refractivity contribution in [2.75, 3.05) is 5.32 Å². The van der Waals surface area contributed by atoms with Crippen LogP contribution >= 0.6 is 0 Å². The number of hydrogen-bond acceptors (Lipinski definition) is 3. The average Bonchev–Trinajstić information content (AvgIpc) is 2.94. The van der Waals surface area contributed by atoms with Gasteiger partial charge in [0.05, 0.1) is 17.7 Å². The molecule has 3 aromatic rings. The zero-order valence-corrected chi connectivity index (χ0v) is 14.7. The first-order valence-corrected chi connectivity index (χ1v) is 8.23. The fourth-order valence-electron chi connectivity index (χ4n) is 2.74. The predicted octanol–water partition coefficient (Wildman–Crippen LogP) is 5.16. The summed E-state index contributed by atoms with van der Waals surface area (Å²) in [5.41, 5.74) is 2.36. The Bertz CT molecular complexity index is 941. The third-order valence-corrected chi connectivity index (χ3v) is 4.21. The van der Waals surface area contributed by atoms with E-state index >= 15 is 0 Å². The van der Waals surface area contributed by atoms with Gasteiger partial charge in [-0.3, -0.25) is 4.79 Å². The quantitative estimate of drug-likeness (QED) is 0.686. The number of alkyl halides is 3. The number of aryl methyl sites for hydroxylation is 2. The van der Waals surface area contributed by atoms with Crippen molar-refractivity contribution in [2.24, 2.45) is 0 Å². The third-order valence-electron chi connectivity index (χ3n) is 4.21. The molecule has 27 heavy (non-hydrogen) atoms. The second-order valence-electron chi connectivity index (χ2n) is 6.18. The van der Waals surface area contributed by atoms with E-state index in [1.165, 1.54) is 6.07 Å². The second kappa shape index (κ2) is 7.26. The molecule has 0 saturated carbocycles. The summed E-state index contributed by atoms with van der Waals surface area (Å²) in [6.07, 6.45) is -4.25. The topological polar surface area (TPSA) is 55.1 Å². The van der Waals surface area contributed by atoms with Gasteiger partial charge in [0.15, 0.2) is 0 Å². The fourth-order valence-corrected chi connectivity index (χ4v) is 2.74. The van der Waals surface area contributed by atoms with Crippen LogP contribution in [0.2, 0.25) is 0 Å². The molecule has 0 unspecified atom stereocenters. The Kier molecular flexibility index (Phi) is 5.03. The van der Waals surface area contributed by atoms with Crippen LogP contribution in [0.15, 0.2) is 53.1 Å². The van der Waals surface area contributed by atoms with Gasteiger partial charge < -0.3 is 9.84 Å². The minimum Gasteiger partial charge on any atom is -0.361 e. The number of rotatable bonds is 4. The van der Waals surface area contributed by atoms with Gasteiger partial charge in [0.1, 0.15) is 5.76 Å². The van der Waals surface area contributed by atoms with Gasteiger partial charge in [-0.15, -0.1) is 0 Å². The summed E-state index contributed by atoms with van der Waals surface area (Å²) < 4.78 is 43.6. The van der Waals surface area contributed by atoms with Crippen LogP contribution in [-0.2, 0) is 17.4 Å². The van der Waals surface area contributed by atoms with Crippen molar-refractivity contribution in [3.63, 3.8) is 0 Å². The smallest absolute Gasteiger partial charge is 0.361 e. The monoisotopic (exact) mass is 374 g/mol. The number of nitrogens with one attached hydrogen (secondary N) is 1. The number of hydrogen-bond donors (Lipinski definition) is 1. The first-order chi connectivity index (χ1) is 12.7. The zero-order chi connectivity index (χ0) is 19.6. The van der Waals surface area contributed by atoms with Crippen molar-refractivity contribution >= 4 is 11.6 Å². The molecule has 1 heterocycles. The summed E-state index contributed by atoms with van der Waals surface area (Å²) in [4.78, 5) is 12.2. The molecule has 0 spiro atoms. The van der Waals surface area contributed by atoms with Crippen LogP contribution in [0.3, 0.4) is 0 Å².